The summed E-state index contributed by atoms with van der Waals surface area (Å²) >= 11 is 0. The molecule has 0 amide bonds. The first-order valence-corrected chi connectivity index (χ1v) is 16.7. The van der Waals surface area contributed by atoms with Crippen LogP contribution >= 0.6 is 14.5 Å². The molecule has 5 aromatic rings. The number of rotatable bonds is 4. The Morgan fingerprint density at radius 2 is 0.571 bits per heavy atom. The first-order valence-electron chi connectivity index (χ1n) is 12.3. The molecular weight excluding hydrogens is 458 g/mol. The third kappa shape index (κ3) is 4.06. The van der Waals surface area contributed by atoms with Crippen molar-refractivity contribution in [3.63, 3.8) is 0 Å². The summed E-state index contributed by atoms with van der Waals surface area (Å²) in [6.07, 6.45) is 2.25. The molecule has 0 atom stereocenters. The highest BCUT2D eigenvalue weighted by molar-refractivity contribution is 8.04. The zero-order valence-electron chi connectivity index (χ0n) is 19.9. The summed E-state index contributed by atoms with van der Waals surface area (Å²) in [7, 11) is -3.55. The van der Waals surface area contributed by atoms with Crippen molar-refractivity contribution in [2.24, 2.45) is 0 Å². The summed E-state index contributed by atoms with van der Waals surface area (Å²) in [5.74, 6) is 1.22. The molecule has 0 aliphatic carbocycles. The Kier molecular flexibility index (Phi) is 6.12. The molecule has 5 aromatic carbocycles. The van der Waals surface area contributed by atoms with E-state index in [0.717, 1.165) is 12.3 Å². The van der Waals surface area contributed by atoms with Gasteiger partial charge in [-0.1, -0.05) is 97.1 Å². The van der Waals surface area contributed by atoms with Crippen molar-refractivity contribution >= 4 is 35.7 Å². The molecule has 0 fully saturated rings. The summed E-state index contributed by atoms with van der Waals surface area (Å²) < 4.78 is 0. The van der Waals surface area contributed by atoms with Crippen LogP contribution in [0.25, 0.3) is 0 Å². The quantitative estimate of drug-likeness (QED) is 0.239. The van der Waals surface area contributed by atoms with E-state index in [1.165, 1.54) is 38.2 Å². The Labute approximate surface area is 210 Å². The molecule has 0 unspecified atom stereocenters. The maximum atomic E-state index is 2.40. The normalized spacial score (nSPS) is 16.1. The van der Waals surface area contributed by atoms with Crippen LogP contribution in [0.2, 0.25) is 0 Å². The highest BCUT2D eigenvalue weighted by Crippen LogP contribution is 2.76. The number of hydrogen-bond acceptors (Lipinski definition) is 0. The highest BCUT2D eigenvalue weighted by Gasteiger charge is 2.59. The summed E-state index contributed by atoms with van der Waals surface area (Å²) in [5.41, 5.74) is 3.06. The molecule has 0 spiro atoms. The van der Waals surface area contributed by atoms with Crippen molar-refractivity contribution in [3.8, 4) is 0 Å². The van der Waals surface area contributed by atoms with Crippen molar-refractivity contribution in [2.45, 2.75) is 12.3 Å². The average Bonchev–Trinajstić information content (AvgIpc) is 3.11. The van der Waals surface area contributed by atoms with Gasteiger partial charge in [-0.25, -0.2) is 0 Å². The van der Waals surface area contributed by atoms with Crippen LogP contribution in [-0.2, 0) is 12.3 Å². The van der Waals surface area contributed by atoms with Gasteiger partial charge in [0, 0.05) is 0 Å². The van der Waals surface area contributed by atoms with Gasteiger partial charge in [-0.15, -0.1) is 0 Å². The van der Waals surface area contributed by atoms with Gasteiger partial charge < -0.3 is 0 Å². The second-order valence-electron chi connectivity index (χ2n) is 9.50. The zero-order chi connectivity index (χ0) is 23.6. The molecule has 0 radical (unpaired) electrons. The lowest BCUT2D eigenvalue weighted by Crippen LogP contribution is -2.32. The molecular formula is C33H30P2+2. The first-order chi connectivity index (χ1) is 17.3. The molecule has 1 aliphatic rings. The fourth-order valence-corrected chi connectivity index (χ4v) is 18.6. The van der Waals surface area contributed by atoms with Crippen LogP contribution < -0.4 is 21.2 Å². The fourth-order valence-electron chi connectivity index (χ4n) is 5.80. The molecule has 0 bridgehead atoms. The van der Waals surface area contributed by atoms with E-state index in [4.69, 9.17) is 0 Å². The van der Waals surface area contributed by atoms with E-state index in [1.807, 2.05) is 0 Å². The van der Waals surface area contributed by atoms with Crippen molar-refractivity contribution in [1.29, 1.82) is 0 Å². The van der Waals surface area contributed by atoms with Crippen LogP contribution in [0.4, 0.5) is 0 Å². The first kappa shape index (κ1) is 22.4. The van der Waals surface area contributed by atoms with Crippen LogP contribution in [0, 0.1) is 0 Å². The molecule has 1 heterocycles. The molecule has 1 aliphatic heterocycles. The smallest absolute Gasteiger partial charge is 0.0620 e. The Morgan fingerprint density at radius 1 is 0.314 bits per heavy atom. The molecule has 170 valence electrons. The second kappa shape index (κ2) is 9.54. The Bertz CT molecular complexity index is 1210. The minimum Gasteiger partial charge on any atom is -0.0620 e. The summed E-state index contributed by atoms with van der Waals surface area (Å²) in [6, 6.07) is 55.0. The average molecular weight is 489 g/mol. The van der Waals surface area contributed by atoms with Gasteiger partial charge in [-0.2, -0.15) is 0 Å². The molecule has 0 N–H and O–H groups in total. The predicted molar refractivity (Wildman–Crippen MR) is 157 cm³/mol. The molecule has 0 aromatic heterocycles. The molecule has 35 heavy (non-hydrogen) atoms. The minimum absolute atomic E-state index is 1.12. The maximum absolute atomic E-state index is 2.40. The summed E-state index contributed by atoms with van der Waals surface area (Å²) in [5, 5.41) is 6.11. The lowest BCUT2D eigenvalue weighted by atomic mass is 10.1. The third-order valence-corrected chi connectivity index (χ3v) is 18.3. The molecule has 2 heteroatoms. The minimum atomic E-state index is -1.77. The van der Waals surface area contributed by atoms with Gasteiger partial charge in [0.15, 0.2) is 5.90 Å². The fraction of sp³-hybridized carbons (Fsp3) is 0.0909. The molecule has 0 saturated heterocycles. The zero-order valence-corrected chi connectivity index (χ0v) is 21.7. The predicted octanol–water partition coefficient (Wildman–Crippen LogP) is 6.99. The van der Waals surface area contributed by atoms with Crippen molar-refractivity contribution < 1.29 is 0 Å². The van der Waals surface area contributed by atoms with E-state index in [2.05, 4.69) is 146 Å². The third-order valence-electron chi connectivity index (χ3n) is 7.48. The van der Waals surface area contributed by atoms with Crippen LogP contribution in [0.5, 0.6) is 0 Å². The second-order valence-corrected chi connectivity index (χ2v) is 17.2. The van der Waals surface area contributed by atoms with Crippen LogP contribution in [0.15, 0.2) is 146 Å². The number of hydrogen-bond donors (Lipinski definition) is 0. The van der Waals surface area contributed by atoms with Gasteiger partial charge in [-0.05, 0) is 59.7 Å². The van der Waals surface area contributed by atoms with Crippen LogP contribution in [0.1, 0.15) is 11.1 Å². The molecule has 6 rings (SSSR count). The van der Waals surface area contributed by atoms with Gasteiger partial charge in [-0.3, -0.25) is 0 Å². The van der Waals surface area contributed by atoms with Crippen molar-refractivity contribution in [1.82, 2.24) is 0 Å². The Balaban J connectivity index is 1.71. The van der Waals surface area contributed by atoms with Gasteiger partial charge in [0.1, 0.15) is 35.7 Å². The van der Waals surface area contributed by atoms with E-state index in [0.29, 0.717) is 0 Å². The van der Waals surface area contributed by atoms with Crippen molar-refractivity contribution in [2.75, 3.05) is 5.90 Å². The Hall–Kier alpha value is -3.04. The number of benzene rings is 5. The van der Waals surface area contributed by atoms with E-state index in [9.17, 15) is 0 Å². The summed E-state index contributed by atoms with van der Waals surface area (Å²) in [6.45, 7) is 0. The number of fused-ring (bicyclic) bond motifs is 1. The monoisotopic (exact) mass is 488 g/mol. The van der Waals surface area contributed by atoms with E-state index >= 15 is 0 Å². The van der Waals surface area contributed by atoms with E-state index < -0.39 is 14.5 Å². The lowest BCUT2D eigenvalue weighted by Gasteiger charge is -2.32. The van der Waals surface area contributed by atoms with Gasteiger partial charge in [0.2, 0.25) is 0 Å². The molecule has 0 saturated carbocycles. The highest BCUT2D eigenvalue weighted by atomic mass is 31.2. The van der Waals surface area contributed by atoms with Crippen LogP contribution in [0.3, 0.4) is 0 Å². The largest absolute Gasteiger partial charge is 0.179 e. The Morgan fingerprint density at radius 3 is 0.857 bits per heavy atom. The lowest BCUT2D eigenvalue weighted by molar-refractivity contribution is 1.27. The van der Waals surface area contributed by atoms with Crippen LogP contribution in [-0.4, -0.2) is 5.90 Å². The van der Waals surface area contributed by atoms with Gasteiger partial charge >= 0.3 is 0 Å². The summed E-state index contributed by atoms with van der Waals surface area (Å²) in [4.78, 5) is 0. The maximum Gasteiger partial charge on any atom is 0.179 e. The topological polar surface area (TPSA) is 0 Å². The molecule has 0 nitrogen and oxygen atoms in total. The van der Waals surface area contributed by atoms with Gasteiger partial charge in [0.05, 0.1) is 12.3 Å². The van der Waals surface area contributed by atoms with E-state index in [1.54, 1.807) is 0 Å². The van der Waals surface area contributed by atoms with Gasteiger partial charge in [0.25, 0.3) is 0 Å². The van der Waals surface area contributed by atoms with Crippen molar-refractivity contribution in [3.05, 3.63) is 157 Å². The van der Waals surface area contributed by atoms with E-state index in [-0.39, 0.29) is 0 Å². The standard InChI is InChI=1S/C33H30P2/c1-5-17-30(18-6-1)34(31-19-7-2-8-20-31)25-28-15-13-14-16-29(28)26-35(27-34,32-21-9-3-10-22-32)33-23-11-4-12-24-33/h1-24H,25-27H2/q+2. The SMILES string of the molecule is c1ccc([P+]2(c3ccccc3)Cc3ccccc3C[P+](c3ccccc3)(c3ccccc3)C2)cc1.